The van der Waals surface area contributed by atoms with Crippen LogP contribution in [0.25, 0.3) is 0 Å². The van der Waals surface area contributed by atoms with Crippen molar-refractivity contribution in [1.29, 1.82) is 0 Å². The smallest absolute Gasteiger partial charge is 0.337 e. The van der Waals surface area contributed by atoms with Crippen molar-refractivity contribution in [2.24, 2.45) is 5.92 Å². The number of nitrogens with zero attached hydrogens (tertiary/aromatic N) is 4. The lowest BCUT2D eigenvalue weighted by molar-refractivity contribution is -0.136. The number of imidazole rings is 1. The summed E-state index contributed by atoms with van der Waals surface area (Å²) in [5.41, 5.74) is 3.27. The van der Waals surface area contributed by atoms with Crippen molar-refractivity contribution >= 4 is 33.5 Å². The molecule has 0 N–H and O–H groups in total. The average Bonchev–Trinajstić information content (AvgIpc) is 3.36. The Morgan fingerprint density at radius 1 is 1.27 bits per heavy atom. The number of carbonyl (C=O) groups excluding carboxylic acids is 1. The molecule has 0 unspecified atom stereocenters. The summed E-state index contributed by atoms with van der Waals surface area (Å²) in [6.07, 6.45) is -2.81. The topological polar surface area (TPSA) is 41.4 Å². The van der Waals surface area contributed by atoms with Crippen LogP contribution in [0.3, 0.4) is 0 Å². The van der Waals surface area contributed by atoms with Crippen LogP contribution < -0.4 is 4.90 Å². The van der Waals surface area contributed by atoms with Gasteiger partial charge in [-0.25, -0.2) is 4.98 Å². The van der Waals surface area contributed by atoms with E-state index >= 15 is 0 Å². The van der Waals surface area contributed by atoms with E-state index in [4.69, 9.17) is 4.98 Å². The van der Waals surface area contributed by atoms with E-state index in [2.05, 4.69) is 52.9 Å². The molecule has 2 aliphatic rings. The molecule has 0 spiro atoms. The maximum absolute atomic E-state index is 13.5. The van der Waals surface area contributed by atoms with Crippen LogP contribution in [-0.2, 0) is 13.0 Å². The minimum Gasteiger partial charge on any atom is -0.337 e. The molecule has 1 fully saturated rings. The Morgan fingerprint density at radius 3 is 2.58 bits per heavy atom. The minimum atomic E-state index is -4.29. The summed E-state index contributed by atoms with van der Waals surface area (Å²) in [6, 6.07) is 6.25. The van der Waals surface area contributed by atoms with Crippen molar-refractivity contribution in [3.63, 3.8) is 0 Å². The number of aromatic nitrogens is 2. The summed E-state index contributed by atoms with van der Waals surface area (Å²) >= 11 is 3.68. The summed E-state index contributed by atoms with van der Waals surface area (Å²) in [6.45, 7) is 7.49. The Bertz CT molecular complexity index is 1030. The second-order valence-corrected chi connectivity index (χ2v) is 10.1. The molecule has 0 atom stereocenters. The lowest BCUT2D eigenvalue weighted by atomic mass is 10.0. The number of aryl methyl sites for hydroxylation is 1. The number of hydrogen-bond donors (Lipinski definition) is 0. The molecule has 1 aromatic carbocycles. The van der Waals surface area contributed by atoms with Gasteiger partial charge in [0.05, 0.1) is 17.8 Å². The van der Waals surface area contributed by atoms with Gasteiger partial charge in [0.15, 0.2) is 0 Å². The molecule has 1 aliphatic heterocycles. The molecule has 1 aromatic heterocycles. The van der Waals surface area contributed by atoms with Gasteiger partial charge in [-0.3, -0.25) is 4.79 Å². The van der Waals surface area contributed by atoms with Gasteiger partial charge in [0, 0.05) is 30.7 Å². The molecule has 33 heavy (non-hydrogen) atoms. The molecule has 180 valence electrons. The van der Waals surface area contributed by atoms with Gasteiger partial charge < -0.3 is 14.4 Å². The van der Waals surface area contributed by atoms with Crippen molar-refractivity contribution in [2.75, 3.05) is 24.5 Å². The number of halogens is 4. The van der Waals surface area contributed by atoms with E-state index < -0.39 is 12.6 Å². The summed E-state index contributed by atoms with van der Waals surface area (Å²) < 4.78 is 41.6. The molecule has 2 heterocycles. The van der Waals surface area contributed by atoms with E-state index in [9.17, 15) is 18.0 Å². The zero-order valence-corrected chi connectivity index (χ0v) is 20.8. The van der Waals surface area contributed by atoms with Gasteiger partial charge in [-0.1, -0.05) is 26.8 Å². The molecule has 0 bridgehead atoms. The molecule has 4 rings (SSSR count). The lowest BCUT2D eigenvalue weighted by Gasteiger charge is -2.24. The summed E-state index contributed by atoms with van der Waals surface area (Å²) in [4.78, 5) is 21.8. The van der Waals surface area contributed by atoms with Crippen molar-refractivity contribution in [2.45, 2.75) is 65.1 Å². The highest BCUT2D eigenvalue weighted by molar-refractivity contribution is 9.10. The standard InChI is InChI=1S/C24H30BrF3N4O/c1-4-19-21(22(33)30(14-16-5-6-16)10-9-24(26,27)28)32-12-11-31(23(32)29-19)20-8-7-17(15(2)3)13-18(20)25/h7-8,13,15-16H,4-6,9-12,14H2,1-3H3. The van der Waals surface area contributed by atoms with Crippen LogP contribution in [0.4, 0.5) is 24.8 Å². The minimum absolute atomic E-state index is 0.306. The molecular weight excluding hydrogens is 497 g/mol. The van der Waals surface area contributed by atoms with Crippen LogP contribution in [0.1, 0.15) is 67.7 Å². The molecule has 2 aromatic rings. The van der Waals surface area contributed by atoms with E-state index in [1.165, 1.54) is 10.5 Å². The molecule has 0 radical (unpaired) electrons. The first-order valence-electron chi connectivity index (χ1n) is 11.6. The van der Waals surface area contributed by atoms with Gasteiger partial charge in [-0.05, 0) is 64.7 Å². The van der Waals surface area contributed by atoms with Gasteiger partial charge >= 0.3 is 6.18 Å². The van der Waals surface area contributed by atoms with Crippen LogP contribution in [0, 0.1) is 5.92 Å². The summed E-state index contributed by atoms with van der Waals surface area (Å²) in [5.74, 6) is 1.05. The van der Waals surface area contributed by atoms with Crippen LogP contribution in [0.5, 0.6) is 0 Å². The number of alkyl halides is 3. The first-order valence-corrected chi connectivity index (χ1v) is 12.4. The third-order valence-electron chi connectivity index (χ3n) is 6.40. The third-order valence-corrected chi connectivity index (χ3v) is 7.04. The molecule has 1 aliphatic carbocycles. The zero-order chi connectivity index (χ0) is 23.9. The van der Waals surface area contributed by atoms with Crippen molar-refractivity contribution in [3.8, 4) is 0 Å². The van der Waals surface area contributed by atoms with E-state index in [1.54, 1.807) is 0 Å². The fraction of sp³-hybridized carbons (Fsp3) is 0.583. The number of benzene rings is 1. The number of rotatable bonds is 8. The third kappa shape index (κ3) is 5.23. The van der Waals surface area contributed by atoms with Crippen molar-refractivity contribution in [3.05, 3.63) is 39.6 Å². The fourth-order valence-electron chi connectivity index (χ4n) is 4.32. The number of fused-ring (bicyclic) bond motifs is 1. The molecule has 1 saturated carbocycles. The normalized spacial score (nSPS) is 15.9. The second kappa shape index (κ2) is 9.31. The SMILES string of the molecule is CCc1nc2n(c1C(=O)N(CCC(F)(F)F)CC1CC1)CCN2c1ccc(C(C)C)cc1Br. The molecule has 5 nitrogen and oxygen atoms in total. The summed E-state index contributed by atoms with van der Waals surface area (Å²) in [7, 11) is 0. The van der Waals surface area contributed by atoms with Crippen molar-refractivity contribution in [1.82, 2.24) is 14.5 Å². The Labute approximate surface area is 201 Å². The number of anilines is 2. The lowest BCUT2D eigenvalue weighted by Crippen LogP contribution is -2.37. The van der Waals surface area contributed by atoms with Gasteiger partial charge in [-0.15, -0.1) is 0 Å². The second-order valence-electron chi connectivity index (χ2n) is 9.29. The Morgan fingerprint density at radius 2 is 2.00 bits per heavy atom. The van der Waals surface area contributed by atoms with Gasteiger partial charge in [0.2, 0.25) is 5.95 Å². The first kappa shape index (κ1) is 24.1. The van der Waals surface area contributed by atoms with E-state index in [-0.39, 0.29) is 12.5 Å². The number of carbonyl (C=O) groups is 1. The van der Waals surface area contributed by atoms with Crippen LogP contribution in [0.2, 0.25) is 0 Å². The highest BCUT2D eigenvalue weighted by Crippen LogP contribution is 2.38. The maximum Gasteiger partial charge on any atom is 0.390 e. The van der Waals surface area contributed by atoms with Gasteiger partial charge in [-0.2, -0.15) is 13.2 Å². The van der Waals surface area contributed by atoms with E-state index in [1.807, 2.05) is 11.5 Å². The Balaban J connectivity index is 1.65. The predicted octanol–water partition coefficient (Wildman–Crippen LogP) is 6.29. The fourth-order valence-corrected chi connectivity index (χ4v) is 4.93. The van der Waals surface area contributed by atoms with Gasteiger partial charge in [0.1, 0.15) is 5.69 Å². The Hall–Kier alpha value is -2.03. The quantitative estimate of drug-likeness (QED) is 0.406. The molecular formula is C24H30BrF3N4O. The molecule has 1 amide bonds. The van der Waals surface area contributed by atoms with E-state index in [0.717, 1.165) is 23.0 Å². The van der Waals surface area contributed by atoms with Gasteiger partial charge in [0.25, 0.3) is 5.91 Å². The largest absolute Gasteiger partial charge is 0.390 e. The molecule has 9 heteroatoms. The van der Waals surface area contributed by atoms with Crippen LogP contribution in [0.15, 0.2) is 22.7 Å². The number of amides is 1. The molecule has 0 saturated heterocycles. The predicted molar refractivity (Wildman–Crippen MR) is 126 cm³/mol. The van der Waals surface area contributed by atoms with Crippen LogP contribution >= 0.6 is 15.9 Å². The maximum atomic E-state index is 13.5. The average molecular weight is 527 g/mol. The van der Waals surface area contributed by atoms with Crippen LogP contribution in [-0.4, -0.2) is 46.2 Å². The summed E-state index contributed by atoms with van der Waals surface area (Å²) in [5, 5.41) is 0. The Kier molecular flexibility index (Phi) is 6.80. The highest BCUT2D eigenvalue weighted by Gasteiger charge is 2.36. The van der Waals surface area contributed by atoms with Crippen molar-refractivity contribution < 1.29 is 18.0 Å². The van der Waals surface area contributed by atoms with E-state index in [0.29, 0.717) is 55.2 Å². The highest BCUT2D eigenvalue weighted by atomic mass is 79.9. The number of hydrogen-bond acceptors (Lipinski definition) is 3. The monoisotopic (exact) mass is 526 g/mol. The zero-order valence-electron chi connectivity index (χ0n) is 19.3. The first-order chi connectivity index (χ1) is 15.6.